The van der Waals surface area contributed by atoms with Crippen molar-refractivity contribution in [1.82, 2.24) is 14.6 Å². The molecule has 10 nitrogen and oxygen atoms in total. The maximum atomic E-state index is 13.6. The predicted octanol–water partition coefficient (Wildman–Crippen LogP) is 1.31. The zero-order valence-electron chi connectivity index (χ0n) is 18.6. The fraction of sp³-hybridized carbons (Fsp3) is 0.208. The summed E-state index contributed by atoms with van der Waals surface area (Å²) in [5.41, 5.74) is 6.41. The van der Waals surface area contributed by atoms with E-state index in [1.54, 1.807) is 0 Å². The molecule has 10 heteroatoms. The molecule has 0 saturated heterocycles. The molecule has 34 heavy (non-hydrogen) atoms. The molecule has 3 N–H and O–H groups in total. The molecule has 0 bridgehead atoms. The van der Waals surface area contributed by atoms with Crippen molar-refractivity contribution in [2.45, 2.75) is 25.9 Å². The molecule has 0 saturated carbocycles. The molecule has 0 radical (unpaired) electrons. The normalized spacial score (nSPS) is 13.5. The van der Waals surface area contributed by atoms with Crippen LogP contribution >= 0.6 is 0 Å². The molecule has 0 fully saturated rings. The quantitative estimate of drug-likeness (QED) is 0.572. The summed E-state index contributed by atoms with van der Waals surface area (Å²) < 4.78 is 1.22. The molecule has 1 aliphatic rings. The number of nitrogens with one attached hydrogen (secondary N) is 1. The van der Waals surface area contributed by atoms with E-state index in [2.05, 4.69) is 10.1 Å². The van der Waals surface area contributed by atoms with Crippen molar-refractivity contribution in [3.05, 3.63) is 92.6 Å². The van der Waals surface area contributed by atoms with E-state index < -0.39 is 17.2 Å². The lowest BCUT2D eigenvalue weighted by atomic mass is 10.1. The molecule has 4 rings (SSSR count). The first kappa shape index (κ1) is 22.7. The summed E-state index contributed by atoms with van der Waals surface area (Å²) in [5, 5.41) is 5.22. The van der Waals surface area contributed by atoms with Crippen molar-refractivity contribution in [2.75, 3.05) is 17.7 Å². The molecule has 174 valence electrons. The molecule has 2 aromatic carbocycles. The molecule has 1 aromatic heterocycles. The Hall–Kier alpha value is -4.47. The summed E-state index contributed by atoms with van der Waals surface area (Å²) >= 11 is 0. The van der Waals surface area contributed by atoms with Crippen LogP contribution in [0.25, 0.3) is 0 Å². The van der Waals surface area contributed by atoms with Crippen LogP contribution < -0.4 is 21.9 Å². The average Bonchev–Trinajstić information content (AvgIpc) is 2.83. The van der Waals surface area contributed by atoms with E-state index in [9.17, 15) is 19.2 Å². The van der Waals surface area contributed by atoms with Crippen LogP contribution in [0, 0.1) is 0 Å². The highest BCUT2D eigenvalue weighted by atomic mass is 16.2. The smallest absolute Gasteiger partial charge is 0.330 e. The molecule has 0 spiro atoms. The van der Waals surface area contributed by atoms with Gasteiger partial charge < -0.3 is 5.73 Å². The Bertz CT molecular complexity index is 1360. The number of carbonyl (C=O) groups is 2. The van der Waals surface area contributed by atoms with E-state index in [-0.39, 0.29) is 49.1 Å². The van der Waals surface area contributed by atoms with E-state index >= 15 is 0 Å². The number of nitrogens with zero attached hydrogens (tertiary/aromatic N) is 4. The van der Waals surface area contributed by atoms with Gasteiger partial charge >= 0.3 is 5.69 Å². The SMILES string of the molecule is CN1N=C(C(=O)N(Cc2ccccc2)c2c(N)n(Cc3ccccc3)c(=O)[nH]c2=O)CCC1=O. The van der Waals surface area contributed by atoms with Crippen molar-refractivity contribution in [1.29, 1.82) is 0 Å². The lowest BCUT2D eigenvalue weighted by Crippen LogP contribution is -2.45. The molecule has 0 aliphatic carbocycles. The minimum atomic E-state index is -0.781. The van der Waals surface area contributed by atoms with Gasteiger partial charge in [-0.25, -0.2) is 9.80 Å². The van der Waals surface area contributed by atoms with Gasteiger partial charge in [-0.1, -0.05) is 60.7 Å². The molecule has 1 aliphatic heterocycles. The number of carbonyl (C=O) groups excluding carboxylic acids is 2. The first-order valence-electron chi connectivity index (χ1n) is 10.7. The largest absolute Gasteiger partial charge is 0.383 e. The van der Waals surface area contributed by atoms with Crippen molar-refractivity contribution in [3.63, 3.8) is 0 Å². The summed E-state index contributed by atoms with van der Waals surface area (Å²) in [6.45, 7) is 0.133. The first-order valence-corrected chi connectivity index (χ1v) is 10.7. The third-order valence-electron chi connectivity index (χ3n) is 5.55. The number of nitrogens with two attached hydrogens (primary N) is 1. The van der Waals surface area contributed by atoms with Gasteiger partial charge in [-0.05, 0) is 11.1 Å². The maximum absolute atomic E-state index is 13.6. The van der Waals surface area contributed by atoms with Crippen LogP contribution in [0.1, 0.15) is 24.0 Å². The second kappa shape index (κ2) is 9.57. The fourth-order valence-corrected chi connectivity index (χ4v) is 3.76. The van der Waals surface area contributed by atoms with Crippen LogP contribution in [0.3, 0.4) is 0 Å². The number of aromatic nitrogens is 2. The summed E-state index contributed by atoms with van der Waals surface area (Å²) in [6.07, 6.45) is 0.258. The minimum Gasteiger partial charge on any atom is -0.383 e. The number of amides is 2. The maximum Gasteiger partial charge on any atom is 0.330 e. The van der Waals surface area contributed by atoms with Gasteiger partial charge in [0.1, 0.15) is 11.5 Å². The Kier molecular flexibility index (Phi) is 6.39. The average molecular weight is 460 g/mol. The molecule has 3 aromatic rings. The monoisotopic (exact) mass is 460 g/mol. The van der Waals surface area contributed by atoms with Crippen LogP contribution in [0.5, 0.6) is 0 Å². The lowest BCUT2D eigenvalue weighted by Gasteiger charge is -2.27. The van der Waals surface area contributed by atoms with Gasteiger partial charge in [0, 0.05) is 19.9 Å². The topological polar surface area (TPSA) is 134 Å². The van der Waals surface area contributed by atoms with Crippen molar-refractivity contribution in [3.8, 4) is 0 Å². The van der Waals surface area contributed by atoms with Crippen LogP contribution in [0.2, 0.25) is 0 Å². The zero-order valence-corrected chi connectivity index (χ0v) is 18.6. The summed E-state index contributed by atoms with van der Waals surface area (Å²) in [6, 6.07) is 18.2. The standard InChI is InChI=1S/C24H24N6O4/c1-28-19(31)13-12-18(27-28)23(33)29(14-16-8-4-2-5-9-16)20-21(25)30(24(34)26-22(20)32)15-17-10-6-3-7-11-17/h2-11H,12-15,25H2,1H3,(H,26,32,34). The van der Waals surface area contributed by atoms with Gasteiger partial charge in [0.15, 0.2) is 5.69 Å². The molecule has 2 heterocycles. The van der Waals surface area contributed by atoms with Crippen molar-refractivity contribution < 1.29 is 9.59 Å². The minimum absolute atomic E-state index is 0.0210. The van der Waals surface area contributed by atoms with Crippen molar-refractivity contribution >= 4 is 29.0 Å². The summed E-state index contributed by atoms with van der Waals surface area (Å²) in [4.78, 5) is 54.5. The third-order valence-corrected chi connectivity index (χ3v) is 5.55. The van der Waals surface area contributed by atoms with Gasteiger partial charge in [0.05, 0.1) is 13.1 Å². The van der Waals surface area contributed by atoms with Crippen LogP contribution in [-0.4, -0.2) is 39.1 Å². The number of anilines is 2. The summed E-state index contributed by atoms with van der Waals surface area (Å²) in [5.74, 6) is -0.909. The highest BCUT2D eigenvalue weighted by Gasteiger charge is 2.30. The van der Waals surface area contributed by atoms with Gasteiger partial charge in [-0.2, -0.15) is 5.10 Å². The number of aromatic amines is 1. The Morgan fingerprint density at radius 2 is 1.62 bits per heavy atom. The predicted molar refractivity (Wildman–Crippen MR) is 128 cm³/mol. The van der Waals surface area contributed by atoms with Gasteiger partial charge in [-0.3, -0.25) is 28.8 Å². The number of H-pyrrole nitrogens is 1. The highest BCUT2D eigenvalue weighted by molar-refractivity contribution is 6.44. The Morgan fingerprint density at radius 1 is 1.00 bits per heavy atom. The van der Waals surface area contributed by atoms with Gasteiger partial charge in [0.2, 0.25) is 5.91 Å². The number of hydrogen-bond donors (Lipinski definition) is 2. The summed E-state index contributed by atoms with van der Waals surface area (Å²) in [7, 11) is 1.47. The molecular formula is C24H24N6O4. The van der Waals surface area contributed by atoms with E-state index in [1.165, 1.54) is 16.5 Å². The van der Waals surface area contributed by atoms with E-state index in [4.69, 9.17) is 5.73 Å². The van der Waals surface area contributed by atoms with E-state index in [1.807, 2.05) is 60.7 Å². The van der Waals surface area contributed by atoms with Gasteiger partial charge in [0.25, 0.3) is 11.5 Å². The second-order valence-electron chi connectivity index (χ2n) is 7.91. The zero-order chi connectivity index (χ0) is 24.2. The van der Waals surface area contributed by atoms with Crippen molar-refractivity contribution in [2.24, 2.45) is 5.10 Å². The molecule has 2 amide bonds. The number of hydrogen-bond acceptors (Lipinski definition) is 6. The number of hydrazone groups is 1. The van der Waals surface area contributed by atoms with E-state index in [0.29, 0.717) is 0 Å². The lowest BCUT2D eigenvalue weighted by molar-refractivity contribution is -0.130. The highest BCUT2D eigenvalue weighted by Crippen LogP contribution is 2.22. The first-order chi connectivity index (χ1) is 16.3. The van der Waals surface area contributed by atoms with Crippen LogP contribution in [-0.2, 0) is 22.7 Å². The second-order valence-corrected chi connectivity index (χ2v) is 7.91. The van der Waals surface area contributed by atoms with Crippen LogP contribution in [0.15, 0.2) is 75.4 Å². The number of nitrogen functional groups attached to an aromatic ring is 1. The number of benzene rings is 2. The van der Waals surface area contributed by atoms with Crippen LogP contribution in [0.4, 0.5) is 11.5 Å². The molecule has 0 atom stereocenters. The molecule has 0 unspecified atom stereocenters. The van der Waals surface area contributed by atoms with E-state index in [0.717, 1.165) is 16.1 Å². The molecular weight excluding hydrogens is 436 g/mol. The van der Waals surface area contributed by atoms with Gasteiger partial charge in [-0.15, -0.1) is 0 Å². The fourth-order valence-electron chi connectivity index (χ4n) is 3.76. The Labute approximate surface area is 194 Å². The Balaban J connectivity index is 1.82. The number of rotatable bonds is 6. The Morgan fingerprint density at radius 3 is 2.24 bits per heavy atom. The third kappa shape index (κ3) is 4.65.